The number of para-hydroxylation sites is 1. The van der Waals surface area contributed by atoms with Gasteiger partial charge in [0, 0.05) is 33.9 Å². The second-order valence-corrected chi connectivity index (χ2v) is 10.0. The maximum absolute atomic E-state index is 4.17. The summed E-state index contributed by atoms with van der Waals surface area (Å²) in [5.74, 6) is 0.605. The number of aromatic amines is 1. The van der Waals surface area contributed by atoms with Crippen LogP contribution in [0.25, 0.3) is 10.9 Å². The molecule has 0 spiro atoms. The molecular weight excluding hydrogens is 398 g/mol. The minimum absolute atomic E-state index is 0.188. The minimum Gasteiger partial charge on any atom is -0.358 e. The van der Waals surface area contributed by atoms with Gasteiger partial charge in [0.2, 0.25) is 0 Å². The van der Waals surface area contributed by atoms with Crippen molar-refractivity contribution in [3.05, 3.63) is 88.0 Å². The first-order chi connectivity index (χ1) is 15.2. The lowest BCUT2D eigenvalue weighted by molar-refractivity contribution is 0.0940. The van der Waals surface area contributed by atoms with Crippen LogP contribution in [0.15, 0.2) is 66.3 Å². The highest BCUT2D eigenvalue weighted by molar-refractivity contribution is 7.10. The monoisotopic (exact) mass is 429 g/mol. The highest BCUT2D eigenvalue weighted by atomic mass is 32.1. The number of aryl methyl sites for hydroxylation is 2. The summed E-state index contributed by atoms with van der Waals surface area (Å²) in [6, 6.07) is 17.6. The summed E-state index contributed by atoms with van der Waals surface area (Å²) in [4.78, 5) is 12.0. The van der Waals surface area contributed by atoms with E-state index in [0.717, 1.165) is 12.8 Å². The number of pyridine rings is 1. The van der Waals surface area contributed by atoms with Crippen molar-refractivity contribution in [1.29, 1.82) is 0 Å². The second kappa shape index (κ2) is 8.60. The number of fused-ring (bicyclic) bond motifs is 1. The molecule has 1 aliphatic rings. The first-order valence-corrected chi connectivity index (χ1v) is 12.3. The lowest BCUT2D eigenvalue weighted by atomic mass is 9.73. The molecule has 1 saturated carbocycles. The van der Waals surface area contributed by atoms with Crippen LogP contribution < -0.4 is 0 Å². The van der Waals surface area contributed by atoms with Crippen LogP contribution in [0.1, 0.15) is 53.3 Å². The largest absolute Gasteiger partial charge is 0.358 e. The van der Waals surface area contributed by atoms with Crippen molar-refractivity contribution in [2.75, 3.05) is 14.1 Å². The number of benzene rings is 1. The van der Waals surface area contributed by atoms with Crippen molar-refractivity contribution in [3.63, 3.8) is 0 Å². The zero-order valence-electron chi connectivity index (χ0n) is 18.5. The quantitative estimate of drug-likeness (QED) is 0.378. The Kier molecular flexibility index (Phi) is 5.68. The van der Waals surface area contributed by atoms with E-state index in [2.05, 4.69) is 82.9 Å². The summed E-state index contributed by atoms with van der Waals surface area (Å²) in [7, 11) is 4.51. The second-order valence-electron chi connectivity index (χ2n) is 9.10. The first kappa shape index (κ1) is 20.5. The molecule has 0 unspecified atom stereocenters. The van der Waals surface area contributed by atoms with Crippen LogP contribution in [-0.4, -0.2) is 29.0 Å². The standard InChI is InChI=1S/C27H31N3S/c1-30(2)27(25-8-5-19-31-25)15-11-21(12-16-27)26-23(10-9-20-13-17-28-18-14-20)22-6-3-4-7-24(22)29-26/h3-8,13-14,17-19,21,29H,9-12,15-16H2,1-2H3. The van der Waals surface area contributed by atoms with Crippen LogP contribution in [0.3, 0.4) is 0 Å². The van der Waals surface area contributed by atoms with Crippen LogP contribution in [0, 0.1) is 0 Å². The van der Waals surface area contributed by atoms with Crippen molar-refractivity contribution in [2.24, 2.45) is 0 Å². The van der Waals surface area contributed by atoms with Crippen molar-refractivity contribution in [2.45, 2.75) is 50.0 Å². The predicted octanol–water partition coefficient (Wildman–Crippen LogP) is 6.52. The fourth-order valence-corrected chi connectivity index (χ4v) is 6.57. The molecule has 3 heterocycles. The Morgan fingerprint density at radius 1 is 1.00 bits per heavy atom. The zero-order valence-corrected chi connectivity index (χ0v) is 19.3. The van der Waals surface area contributed by atoms with Gasteiger partial charge in [-0.1, -0.05) is 24.3 Å². The maximum Gasteiger partial charge on any atom is 0.0549 e. The number of hydrogen-bond donors (Lipinski definition) is 1. The van der Waals surface area contributed by atoms with E-state index in [9.17, 15) is 0 Å². The molecule has 1 fully saturated rings. The molecule has 3 aromatic heterocycles. The molecule has 4 heteroatoms. The normalized spacial score (nSPS) is 21.7. The molecule has 31 heavy (non-hydrogen) atoms. The predicted molar refractivity (Wildman–Crippen MR) is 131 cm³/mol. The van der Waals surface area contributed by atoms with E-state index >= 15 is 0 Å². The molecule has 0 amide bonds. The Hall–Kier alpha value is -2.43. The van der Waals surface area contributed by atoms with Crippen LogP contribution in [0.4, 0.5) is 0 Å². The molecule has 1 N–H and O–H groups in total. The molecule has 0 atom stereocenters. The third-order valence-corrected chi connectivity index (χ3v) is 8.38. The van der Waals surface area contributed by atoms with E-state index in [1.807, 2.05) is 23.7 Å². The summed E-state index contributed by atoms with van der Waals surface area (Å²) < 4.78 is 0. The van der Waals surface area contributed by atoms with E-state index in [-0.39, 0.29) is 5.54 Å². The van der Waals surface area contributed by atoms with Gasteiger partial charge in [-0.25, -0.2) is 0 Å². The van der Waals surface area contributed by atoms with E-state index in [0.29, 0.717) is 5.92 Å². The fraction of sp³-hybridized carbons (Fsp3) is 0.370. The molecule has 1 aromatic carbocycles. The SMILES string of the molecule is CN(C)C1(c2cccs2)CCC(c2[nH]c3ccccc3c2CCc2ccncc2)CC1. The number of rotatable bonds is 6. The van der Waals surface area contributed by atoms with E-state index < -0.39 is 0 Å². The van der Waals surface area contributed by atoms with Gasteiger partial charge in [0.05, 0.1) is 5.54 Å². The Bertz CT molecular complexity index is 1120. The van der Waals surface area contributed by atoms with E-state index in [1.165, 1.54) is 58.3 Å². The number of thiophene rings is 1. The summed E-state index contributed by atoms with van der Waals surface area (Å²) in [6.45, 7) is 0. The topological polar surface area (TPSA) is 31.9 Å². The Balaban J connectivity index is 1.43. The molecule has 3 nitrogen and oxygen atoms in total. The van der Waals surface area contributed by atoms with E-state index in [4.69, 9.17) is 0 Å². The summed E-state index contributed by atoms with van der Waals surface area (Å²) in [6.07, 6.45) is 10.8. The fourth-order valence-electron chi connectivity index (χ4n) is 5.50. The first-order valence-electron chi connectivity index (χ1n) is 11.4. The van der Waals surface area contributed by atoms with Gasteiger partial charge in [0.25, 0.3) is 0 Å². The van der Waals surface area contributed by atoms with Crippen LogP contribution in [0.5, 0.6) is 0 Å². The average molecular weight is 430 g/mol. The van der Waals surface area contributed by atoms with Gasteiger partial charge in [-0.2, -0.15) is 0 Å². The molecule has 4 aromatic rings. The van der Waals surface area contributed by atoms with Gasteiger partial charge >= 0.3 is 0 Å². The van der Waals surface area contributed by atoms with E-state index in [1.54, 1.807) is 0 Å². The molecule has 0 radical (unpaired) electrons. The van der Waals surface area contributed by atoms with Crippen molar-refractivity contribution >= 4 is 22.2 Å². The Morgan fingerprint density at radius 3 is 2.48 bits per heavy atom. The average Bonchev–Trinajstić information content (AvgIpc) is 3.47. The maximum atomic E-state index is 4.17. The molecular formula is C27H31N3S. The molecule has 5 rings (SSSR count). The van der Waals surface area contributed by atoms with Gasteiger partial charge in [-0.05, 0) is 99.3 Å². The Morgan fingerprint density at radius 2 is 1.77 bits per heavy atom. The number of aromatic nitrogens is 2. The third kappa shape index (κ3) is 3.83. The molecule has 1 aliphatic carbocycles. The number of hydrogen-bond acceptors (Lipinski definition) is 3. The third-order valence-electron chi connectivity index (χ3n) is 7.32. The zero-order chi connectivity index (χ0) is 21.3. The summed E-state index contributed by atoms with van der Waals surface area (Å²) in [5.41, 5.74) is 5.83. The minimum atomic E-state index is 0.188. The Labute approximate surface area is 189 Å². The molecule has 0 aliphatic heterocycles. The molecule has 0 saturated heterocycles. The highest BCUT2D eigenvalue weighted by Crippen LogP contribution is 2.48. The van der Waals surface area contributed by atoms with Crippen LogP contribution in [-0.2, 0) is 18.4 Å². The van der Waals surface area contributed by atoms with Crippen molar-refractivity contribution in [1.82, 2.24) is 14.9 Å². The van der Waals surface area contributed by atoms with Crippen molar-refractivity contribution < 1.29 is 0 Å². The lowest BCUT2D eigenvalue weighted by Crippen LogP contribution is -2.43. The van der Waals surface area contributed by atoms with Gasteiger partial charge in [0.15, 0.2) is 0 Å². The number of nitrogens with one attached hydrogen (secondary N) is 1. The highest BCUT2D eigenvalue weighted by Gasteiger charge is 2.40. The van der Waals surface area contributed by atoms with Crippen LogP contribution >= 0.6 is 11.3 Å². The van der Waals surface area contributed by atoms with Gasteiger partial charge in [-0.3, -0.25) is 9.88 Å². The number of nitrogens with zero attached hydrogens (tertiary/aromatic N) is 2. The molecule has 0 bridgehead atoms. The lowest BCUT2D eigenvalue weighted by Gasteiger charge is -2.44. The summed E-state index contributed by atoms with van der Waals surface area (Å²) in [5, 5.41) is 3.62. The van der Waals surface area contributed by atoms with Gasteiger partial charge in [-0.15, -0.1) is 11.3 Å². The van der Waals surface area contributed by atoms with Gasteiger partial charge < -0.3 is 4.98 Å². The van der Waals surface area contributed by atoms with Gasteiger partial charge in [0.1, 0.15) is 0 Å². The summed E-state index contributed by atoms with van der Waals surface area (Å²) >= 11 is 1.91. The number of H-pyrrole nitrogens is 1. The van der Waals surface area contributed by atoms with Crippen LogP contribution in [0.2, 0.25) is 0 Å². The smallest absolute Gasteiger partial charge is 0.0549 e. The van der Waals surface area contributed by atoms with Crippen molar-refractivity contribution in [3.8, 4) is 0 Å². The molecule has 160 valence electrons.